The molecule has 1 unspecified atom stereocenters. The van der Waals surface area contributed by atoms with Crippen LogP contribution in [0.3, 0.4) is 0 Å². The zero-order valence-corrected chi connectivity index (χ0v) is 10.2. The summed E-state index contributed by atoms with van der Waals surface area (Å²) in [4.78, 5) is 2.23. The quantitative estimate of drug-likeness (QED) is 0.737. The summed E-state index contributed by atoms with van der Waals surface area (Å²) < 4.78 is 0. The SMILES string of the molecule is CC1=CN2CC(C(C)C)NC=C2C(Cl)=C1. The van der Waals surface area contributed by atoms with E-state index in [4.69, 9.17) is 11.6 Å². The number of nitrogens with zero attached hydrogens (tertiary/aromatic N) is 1. The smallest absolute Gasteiger partial charge is 0.0755 e. The first-order valence-electron chi connectivity index (χ1n) is 5.37. The van der Waals surface area contributed by atoms with Crippen molar-refractivity contribution in [3.63, 3.8) is 0 Å². The third-order valence-corrected chi connectivity index (χ3v) is 3.20. The van der Waals surface area contributed by atoms with Gasteiger partial charge in [0.1, 0.15) is 0 Å². The van der Waals surface area contributed by atoms with Crippen molar-refractivity contribution in [2.45, 2.75) is 26.8 Å². The van der Waals surface area contributed by atoms with E-state index >= 15 is 0 Å². The lowest BCUT2D eigenvalue weighted by molar-refractivity contribution is 0.312. The van der Waals surface area contributed by atoms with E-state index in [1.807, 2.05) is 12.3 Å². The van der Waals surface area contributed by atoms with Crippen molar-refractivity contribution in [3.05, 3.63) is 34.8 Å². The lowest BCUT2D eigenvalue weighted by atomic mass is 10.0. The van der Waals surface area contributed by atoms with Gasteiger partial charge in [0.2, 0.25) is 0 Å². The fraction of sp³-hybridized carbons (Fsp3) is 0.500. The molecule has 2 rings (SSSR count). The van der Waals surface area contributed by atoms with Crippen LogP contribution >= 0.6 is 11.6 Å². The van der Waals surface area contributed by atoms with Gasteiger partial charge in [-0.2, -0.15) is 0 Å². The highest BCUT2D eigenvalue weighted by Crippen LogP contribution is 2.29. The Balaban J connectivity index is 2.24. The molecule has 0 fully saturated rings. The van der Waals surface area contributed by atoms with E-state index in [9.17, 15) is 0 Å². The van der Waals surface area contributed by atoms with Crippen molar-refractivity contribution >= 4 is 11.6 Å². The molecular weight excluding hydrogens is 208 g/mol. The van der Waals surface area contributed by atoms with E-state index < -0.39 is 0 Å². The highest BCUT2D eigenvalue weighted by Gasteiger charge is 2.25. The van der Waals surface area contributed by atoms with Crippen LogP contribution in [0.25, 0.3) is 0 Å². The van der Waals surface area contributed by atoms with E-state index in [1.165, 1.54) is 5.57 Å². The highest BCUT2D eigenvalue weighted by molar-refractivity contribution is 6.32. The van der Waals surface area contributed by atoms with Crippen molar-refractivity contribution in [3.8, 4) is 0 Å². The standard InChI is InChI=1S/C12H17ClN2/c1-8(2)11-7-15-6-9(3)4-10(13)12(15)5-14-11/h4-6,8,11,14H,7H2,1-3H3. The summed E-state index contributed by atoms with van der Waals surface area (Å²) >= 11 is 6.18. The monoisotopic (exact) mass is 224 g/mol. The van der Waals surface area contributed by atoms with Crippen LogP contribution in [0.2, 0.25) is 0 Å². The minimum Gasteiger partial charge on any atom is -0.384 e. The summed E-state index contributed by atoms with van der Waals surface area (Å²) in [6, 6.07) is 0.500. The maximum absolute atomic E-state index is 6.18. The predicted molar refractivity (Wildman–Crippen MR) is 64.2 cm³/mol. The van der Waals surface area contributed by atoms with E-state index in [0.717, 1.165) is 17.3 Å². The molecule has 2 aliphatic rings. The van der Waals surface area contributed by atoms with Crippen LogP contribution in [0.5, 0.6) is 0 Å². The summed E-state index contributed by atoms with van der Waals surface area (Å²) in [5, 5.41) is 4.23. The van der Waals surface area contributed by atoms with Gasteiger partial charge < -0.3 is 10.2 Å². The molecule has 0 saturated heterocycles. The van der Waals surface area contributed by atoms with Crippen molar-refractivity contribution in [2.24, 2.45) is 5.92 Å². The first kappa shape index (κ1) is 10.6. The number of nitrogens with one attached hydrogen (secondary N) is 1. The van der Waals surface area contributed by atoms with Gasteiger partial charge in [-0.25, -0.2) is 0 Å². The molecule has 0 amide bonds. The van der Waals surface area contributed by atoms with Crippen molar-refractivity contribution in [2.75, 3.05) is 6.54 Å². The van der Waals surface area contributed by atoms with Gasteiger partial charge in [-0.05, 0) is 24.5 Å². The van der Waals surface area contributed by atoms with Gasteiger partial charge in [0.05, 0.1) is 10.7 Å². The Morgan fingerprint density at radius 1 is 1.53 bits per heavy atom. The number of allylic oxidation sites excluding steroid dienone is 3. The van der Waals surface area contributed by atoms with Crippen LogP contribution in [0.15, 0.2) is 34.8 Å². The second kappa shape index (κ2) is 3.93. The number of hydrogen-bond acceptors (Lipinski definition) is 2. The molecule has 0 aliphatic carbocycles. The topological polar surface area (TPSA) is 15.3 Å². The summed E-state index contributed by atoms with van der Waals surface area (Å²) in [5.74, 6) is 0.626. The zero-order chi connectivity index (χ0) is 11.0. The number of hydrogen-bond donors (Lipinski definition) is 1. The van der Waals surface area contributed by atoms with Crippen molar-refractivity contribution in [1.29, 1.82) is 0 Å². The van der Waals surface area contributed by atoms with Gasteiger partial charge >= 0.3 is 0 Å². The Hall–Kier alpha value is -0.890. The Kier molecular flexibility index (Phi) is 2.79. The molecule has 0 spiro atoms. The highest BCUT2D eigenvalue weighted by atomic mass is 35.5. The zero-order valence-electron chi connectivity index (χ0n) is 9.42. The van der Waals surface area contributed by atoms with E-state index in [2.05, 4.69) is 37.2 Å². The molecule has 0 aromatic carbocycles. The van der Waals surface area contributed by atoms with Gasteiger partial charge in [0.25, 0.3) is 0 Å². The van der Waals surface area contributed by atoms with Crippen LogP contribution in [-0.2, 0) is 0 Å². The Morgan fingerprint density at radius 3 is 2.93 bits per heavy atom. The second-order valence-corrected chi connectivity index (χ2v) is 4.97. The van der Waals surface area contributed by atoms with Gasteiger partial charge in [-0.3, -0.25) is 0 Å². The molecule has 2 aliphatic heterocycles. The number of halogens is 1. The molecule has 1 N–H and O–H groups in total. The van der Waals surface area contributed by atoms with Gasteiger partial charge in [-0.1, -0.05) is 25.4 Å². The van der Waals surface area contributed by atoms with Crippen LogP contribution in [0.4, 0.5) is 0 Å². The summed E-state index contributed by atoms with van der Waals surface area (Å²) in [5.41, 5.74) is 2.29. The van der Waals surface area contributed by atoms with Crippen LogP contribution in [0, 0.1) is 5.92 Å². The van der Waals surface area contributed by atoms with Gasteiger partial charge in [0, 0.05) is 25.0 Å². The lowest BCUT2D eigenvalue weighted by Gasteiger charge is -2.37. The average Bonchev–Trinajstić information content (AvgIpc) is 2.16. The van der Waals surface area contributed by atoms with E-state index in [1.54, 1.807) is 0 Å². The van der Waals surface area contributed by atoms with E-state index in [0.29, 0.717) is 12.0 Å². The molecule has 2 nitrogen and oxygen atoms in total. The summed E-state index contributed by atoms with van der Waals surface area (Å²) in [7, 11) is 0. The number of fused-ring (bicyclic) bond motifs is 1. The van der Waals surface area contributed by atoms with Gasteiger partial charge in [-0.15, -0.1) is 0 Å². The van der Waals surface area contributed by atoms with Crippen LogP contribution < -0.4 is 5.32 Å². The molecule has 0 bridgehead atoms. The van der Waals surface area contributed by atoms with Crippen molar-refractivity contribution < 1.29 is 0 Å². The molecule has 15 heavy (non-hydrogen) atoms. The maximum atomic E-state index is 6.18. The molecule has 0 radical (unpaired) electrons. The second-order valence-electron chi connectivity index (χ2n) is 4.56. The average molecular weight is 225 g/mol. The van der Waals surface area contributed by atoms with Gasteiger partial charge in [0.15, 0.2) is 0 Å². The minimum absolute atomic E-state index is 0.500. The molecule has 0 aromatic rings. The third kappa shape index (κ3) is 2.05. The molecule has 0 aromatic heterocycles. The normalized spacial score (nSPS) is 25.3. The molecule has 2 heterocycles. The minimum atomic E-state index is 0.500. The molecule has 0 saturated carbocycles. The molecule has 82 valence electrons. The summed E-state index contributed by atoms with van der Waals surface area (Å²) in [6.45, 7) is 7.53. The molecular formula is C12H17ClN2. The summed E-state index contributed by atoms with van der Waals surface area (Å²) in [6.07, 6.45) is 6.19. The Morgan fingerprint density at radius 2 is 2.27 bits per heavy atom. The molecule has 1 atom stereocenters. The third-order valence-electron chi connectivity index (χ3n) is 2.90. The number of rotatable bonds is 1. The first-order chi connectivity index (χ1) is 7.08. The fourth-order valence-corrected chi connectivity index (χ4v) is 2.26. The van der Waals surface area contributed by atoms with Crippen LogP contribution in [-0.4, -0.2) is 17.5 Å². The molecule has 3 heteroatoms. The fourth-order valence-electron chi connectivity index (χ4n) is 1.92. The Labute approximate surface area is 96.3 Å². The van der Waals surface area contributed by atoms with Crippen LogP contribution in [0.1, 0.15) is 20.8 Å². The maximum Gasteiger partial charge on any atom is 0.0755 e. The van der Waals surface area contributed by atoms with Crippen molar-refractivity contribution in [1.82, 2.24) is 10.2 Å². The lowest BCUT2D eigenvalue weighted by Crippen LogP contribution is -2.45. The Bertz CT molecular complexity index is 353. The van der Waals surface area contributed by atoms with E-state index in [-0.39, 0.29) is 0 Å². The largest absolute Gasteiger partial charge is 0.384 e. The first-order valence-corrected chi connectivity index (χ1v) is 5.74. The predicted octanol–water partition coefficient (Wildman–Crippen LogP) is 2.80.